The molecular weight excluding hydrogens is 370 g/mol. The number of fused-ring (bicyclic) bond motifs is 1. The minimum Gasteiger partial charge on any atom is -0.465 e. The first-order chi connectivity index (χ1) is 14.1. The number of nitro groups is 1. The van der Waals surface area contributed by atoms with Gasteiger partial charge in [0.05, 0.1) is 34.5 Å². The lowest BCUT2D eigenvalue weighted by Gasteiger charge is -2.10. The van der Waals surface area contributed by atoms with Crippen molar-refractivity contribution in [2.24, 2.45) is 0 Å². The second-order valence-electron chi connectivity index (χ2n) is 6.31. The first-order valence-electron chi connectivity index (χ1n) is 8.76. The number of ether oxygens (including phenoxy) is 1. The maximum Gasteiger partial charge on any atom is 0.337 e. The van der Waals surface area contributed by atoms with Crippen LogP contribution in [0.4, 0.5) is 5.69 Å². The zero-order chi connectivity index (χ0) is 20.4. The van der Waals surface area contributed by atoms with Crippen LogP contribution in [0.3, 0.4) is 0 Å². The molecule has 2 aromatic heterocycles. The van der Waals surface area contributed by atoms with Crippen LogP contribution in [0.1, 0.15) is 10.4 Å². The monoisotopic (exact) mass is 385 g/mol. The Kier molecular flexibility index (Phi) is 4.70. The molecule has 2 aromatic carbocycles. The summed E-state index contributed by atoms with van der Waals surface area (Å²) in [6.45, 7) is 0. The number of hydrogen-bond acceptors (Lipinski definition) is 6. The van der Waals surface area contributed by atoms with E-state index in [1.807, 2.05) is 18.2 Å². The standard InChI is InChI=1S/C22H15N3O4/c1-29-22(26)15-9-7-14(8-10-15)19-13-17-5-3-11-23-20(17)21(24-19)16-4-2-6-18(12-16)25(27)28/h2-13H,1H3. The summed E-state index contributed by atoms with van der Waals surface area (Å²) in [6.07, 6.45) is 1.66. The van der Waals surface area contributed by atoms with E-state index in [0.717, 1.165) is 10.9 Å². The number of esters is 1. The van der Waals surface area contributed by atoms with Crippen LogP contribution in [0.15, 0.2) is 72.9 Å². The number of carbonyl (C=O) groups excluding carboxylic acids is 1. The molecule has 7 nitrogen and oxygen atoms in total. The van der Waals surface area contributed by atoms with Crippen molar-refractivity contribution in [3.63, 3.8) is 0 Å². The number of nitro benzene ring substituents is 1. The van der Waals surface area contributed by atoms with Crippen LogP contribution in [-0.4, -0.2) is 28.0 Å². The van der Waals surface area contributed by atoms with E-state index in [4.69, 9.17) is 9.72 Å². The Hall–Kier alpha value is -4.13. The van der Waals surface area contributed by atoms with Gasteiger partial charge in [-0.25, -0.2) is 9.78 Å². The molecule has 0 fully saturated rings. The number of rotatable bonds is 4. The highest BCUT2D eigenvalue weighted by molar-refractivity contribution is 5.94. The minimum absolute atomic E-state index is 0.0128. The van der Waals surface area contributed by atoms with Gasteiger partial charge in [0.1, 0.15) is 0 Å². The highest BCUT2D eigenvalue weighted by atomic mass is 16.6. The Morgan fingerprint density at radius 2 is 1.79 bits per heavy atom. The normalized spacial score (nSPS) is 10.7. The van der Waals surface area contributed by atoms with E-state index < -0.39 is 10.9 Å². The molecule has 7 heteroatoms. The van der Waals surface area contributed by atoms with Gasteiger partial charge in [-0.1, -0.05) is 30.3 Å². The van der Waals surface area contributed by atoms with Gasteiger partial charge < -0.3 is 4.74 Å². The van der Waals surface area contributed by atoms with Gasteiger partial charge in [-0.15, -0.1) is 0 Å². The maximum absolute atomic E-state index is 11.7. The number of methoxy groups -OCH3 is 1. The number of aromatic nitrogens is 2. The molecule has 0 unspecified atom stereocenters. The van der Waals surface area contributed by atoms with Crippen LogP contribution < -0.4 is 0 Å². The third-order valence-electron chi connectivity index (χ3n) is 4.52. The number of hydrogen-bond donors (Lipinski definition) is 0. The highest BCUT2D eigenvalue weighted by Gasteiger charge is 2.14. The van der Waals surface area contributed by atoms with Gasteiger partial charge in [-0.2, -0.15) is 0 Å². The highest BCUT2D eigenvalue weighted by Crippen LogP contribution is 2.31. The number of carbonyl (C=O) groups is 1. The lowest BCUT2D eigenvalue weighted by molar-refractivity contribution is -0.384. The van der Waals surface area contributed by atoms with E-state index in [1.54, 1.807) is 42.6 Å². The third kappa shape index (κ3) is 3.53. The molecule has 0 spiro atoms. The van der Waals surface area contributed by atoms with Gasteiger partial charge in [0.2, 0.25) is 0 Å². The van der Waals surface area contributed by atoms with E-state index in [0.29, 0.717) is 28.0 Å². The Morgan fingerprint density at radius 3 is 2.52 bits per heavy atom. The van der Waals surface area contributed by atoms with E-state index in [2.05, 4.69) is 4.98 Å². The van der Waals surface area contributed by atoms with Gasteiger partial charge >= 0.3 is 5.97 Å². The third-order valence-corrected chi connectivity index (χ3v) is 4.52. The molecule has 29 heavy (non-hydrogen) atoms. The molecule has 0 aliphatic heterocycles. The van der Waals surface area contributed by atoms with Gasteiger partial charge in [0.25, 0.3) is 5.69 Å². The number of nitrogens with zero attached hydrogens (tertiary/aromatic N) is 3. The maximum atomic E-state index is 11.7. The van der Waals surface area contributed by atoms with E-state index in [1.165, 1.54) is 19.2 Å². The molecule has 0 amide bonds. The summed E-state index contributed by atoms with van der Waals surface area (Å²) in [5, 5.41) is 12.0. The second kappa shape index (κ2) is 7.47. The number of pyridine rings is 2. The summed E-state index contributed by atoms with van der Waals surface area (Å²) in [5.74, 6) is -0.412. The molecule has 0 bridgehead atoms. The number of non-ortho nitro benzene ring substituents is 1. The van der Waals surface area contributed by atoms with Crippen LogP contribution in [0.25, 0.3) is 33.4 Å². The topological polar surface area (TPSA) is 95.2 Å². The summed E-state index contributed by atoms with van der Waals surface area (Å²) < 4.78 is 4.73. The molecule has 0 atom stereocenters. The van der Waals surface area contributed by atoms with Crippen molar-refractivity contribution in [3.05, 3.63) is 88.6 Å². The molecule has 4 rings (SSSR count). The van der Waals surface area contributed by atoms with Crippen LogP contribution in [-0.2, 0) is 4.74 Å². The SMILES string of the molecule is COC(=O)c1ccc(-c2cc3cccnc3c(-c3cccc([N+](=O)[O-])c3)n2)cc1. The van der Waals surface area contributed by atoms with Crippen LogP contribution in [0.2, 0.25) is 0 Å². The largest absolute Gasteiger partial charge is 0.465 e. The molecule has 0 aliphatic rings. The Balaban J connectivity index is 1.88. The van der Waals surface area contributed by atoms with Gasteiger partial charge in [0.15, 0.2) is 0 Å². The molecular formula is C22H15N3O4. The zero-order valence-corrected chi connectivity index (χ0v) is 15.4. The zero-order valence-electron chi connectivity index (χ0n) is 15.4. The molecule has 0 saturated heterocycles. The van der Waals surface area contributed by atoms with Gasteiger partial charge in [-0.3, -0.25) is 15.1 Å². The summed E-state index contributed by atoms with van der Waals surface area (Å²) >= 11 is 0. The van der Waals surface area contributed by atoms with Gasteiger partial charge in [-0.05, 0) is 24.3 Å². The minimum atomic E-state index is -0.436. The first-order valence-corrected chi connectivity index (χ1v) is 8.76. The first kappa shape index (κ1) is 18.2. The fourth-order valence-electron chi connectivity index (χ4n) is 3.10. The van der Waals surface area contributed by atoms with Gasteiger partial charge in [0, 0.05) is 34.8 Å². The molecule has 142 valence electrons. The fraction of sp³-hybridized carbons (Fsp3) is 0.0455. The average Bonchev–Trinajstić information content (AvgIpc) is 2.78. The predicted octanol–water partition coefficient (Wildman–Crippen LogP) is 4.66. The van der Waals surface area contributed by atoms with E-state index in [-0.39, 0.29) is 5.69 Å². The molecule has 0 aliphatic carbocycles. The van der Waals surface area contributed by atoms with E-state index in [9.17, 15) is 14.9 Å². The summed E-state index contributed by atoms with van der Waals surface area (Å²) in [4.78, 5) is 31.6. The molecule has 4 aromatic rings. The van der Waals surface area contributed by atoms with E-state index >= 15 is 0 Å². The van der Waals surface area contributed by atoms with Crippen LogP contribution >= 0.6 is 0 Å². The van der Waals surface area contributed by atoms with Crippen molar-refractivity contribution in [1.82, 2.24) is 9.97 Å². The van der Waals surface area contributed by atoms with Crippen LogP contribution in [0.5, 0.6) is 0 Å². The van der Waals surface area contributed by atoms with Crippen molar-refractivity contribution in [2.45, 2.75) is 0 Å². The Morgan fingerprint density at radius 1 is 1.00 bits per heavy atom. The lowest BCUT2D eigenvalue weighted by Crippen LogP contribution is -2.00. The van der Waals surface area contributed by atoms with Crippen LogP contribution in [0, 0.1) is 10.1 Å². The molecule has 0 N–H and O–H groups in total. The summed E-state index contributed by atoms with van der Waals surface area (Å²) in [6, 6.07) is 18.9. The number of benzene rings is 2. The molecule has 2 heterocycles. The van der Waals surface area contributed by atoms with Crippen molar-refractivity contribution in [3.8, 4) is 22.5 Å². The Labute approximate surface area is 165 Å². The fourth-order valence-corrected chi connectivity index (χ4v) is 3.10. The predicted molar refractivity (Wildman–Crippen MR) is 108 cm³/mol. The molecule has 0 radical (unpaired) electrons. The molecule has 0 saturated carbocycles. The second-order valence-corrected chi connectivity index (χ2v) is 6.31. The van der Waals surface area contributed by atoms with Crippen molar-refractivity contribution < 1.29 is 14.5 Å². The summed E-state index contributed by atoms with van der Waals surface area (Å²) in [5.41, 5.74) is 3.72. The Bertz CT molecular complexity index is 1240. The quantitative estimate of drug-likeness (QED) is 0.288. The van der Waals surface area contributed by atoms with Crippen molar-refractivity contribution in [1.29, 1.82) is 0 Å². The average molecular weight is 385 g/mol. The smallest absolute Gasteiger partial charge is 0.337 e. The summed E-state index contributed by atoms with van der Waals surface area (Å²) in [7, 11) is 1.33. The van der Waals surface area contributed by atoms with Crippen molar-refractivity contribution in [2.75, 3.05) is 7.11 Å². The van der Waals surface area contributed by atoms with Crippen molar-refractivity contribution >= 4 is 22.6 Å². The lowest BCUT2D eigenvalue weighted by atomic mass is 10.0.